The summed E-state index contributed by atoms with van der Waals surface area (Å²) < 4.78 is 5.94. The standard InChI is InChI=1S/C27H39NO4.C2H6/c1-17-9-11-23(28-16-17)13-19(3)25-15-22-14-21(22)7-5-6-8-24(29)20(4)27(31)18(2)10-12-26(30)32-25;1-2/h9,11,13,16,18,20-22,24-25,29H,5-8,10,12,14-15H2,1-4H3;1-2H3/b19-13+;. The van der Waals surface area contributed by atoms with Gasteiger partial charge in [0.1, 0.15) is 11.9 Å². The molecule has 0 amide bonds. The lowest BCUT2D eigenvalue weighted by Crippen LogP contribution is -2.30. The van der Waals surface area contributed by atoms with Crippen molar-refractivity contribution in [1.82, 2.24) is 4.98 Å². The lowest BCUT2D eigenvalue weighted by atomic mass is 9.86. The molecule has 6 unspecified atom stereocenters. The van der Waals surface area contributed by atoms with E-state index in [4.69, 9.17) is 4.74 Å². The van der Waals surface area contributed by atoms with Crippen LogP contribution >= 0.6 is 0 Å². The molecule has 3 rings (SSSR count). The van der Waals surface area contributed by atoms with Crippen LogP contribution < -0.4 is 0 Å². The molecule has 2 fully saturated rings. The molecule has 1 aromatic heterocycles. The number of aromatic nitrogens is 1. The summed E-state index contributed by atoms with van der Waals surface area (Å²) in [5.74, 6) is 0.391. The minimum absolute atomic E-state index is 0.0396. The van der Waals surface area contributed by atoms with E-state index in [1.807, 2.05) is 65.9 Å². The van der Waals surface area contributed by atoms with Crippen LogP contribution in [0, 0.1) is 30.6 Å². The minimum atomic E-state index is -0.590. The number of cyclic esters (lactones) is 1. The number of aryl methyl sites for hydroxylation is 1. The number of rotatable bonds is 2. The summed E-state index contributed by atoms with van der Waals surface area (Å²) in [6.07, 6.45) is 9.55. The van der Waals surface area contributed by atoms with Crippen molar-refractivity contribution in [3.8, 4) is 0 Å². The van der Waals surface area contributed by atoms with Crippen molar-refractivity contribution in [2.24, 2.45) is 23.7 Å². The molecule has 1 aliphatic heterocycles. The predicted octanol–water partition coefficient (Wildman–Crippen LogP) is 6.31. The number of ketones is 1. The van der Waals surface area contributed by atoms with Gasteiger partial charge in [0.15, 0.2) is 0 Å². The van der Waals surface area contributed by atoms with Crippen LogP contribution in [0.5, 0.6) is 0 Å². The first-order valence-electron chi connectivity index (χ1n) is 13.3. The Bertz CT molecular complexity index is 816. The Labute approximate surface area is 206 Å². The average molecular weight is 472 g/mol. The third kappa shape index (κ3) is 8.65. The molecule has 0 aromatic carbocycles. The Balaban J connectivity index is 0.00000199. The molecule has 0 bridgehead atoms. The van der Waals surface area contributed by atoms with Crippen LogP contribution in [-0.4, -0.2) is 34.1 Å². The molecule has 5 nitrogen and oxygen atoms in total. The fraction of sp³-hybridized carbons (Fsp3) is 0.690. The van der Waals surface area contributed by atoms with Crippen molar-refractivity contribution in [2.45, 2.75) is 105 Å². The Kier molecular flexibility index (Phi) is 11.4. The average Bonchev–Trinajstić information content (AvgIpc) is 3.58. The number of carbonyl (C=O) groups excluding carboxylic acids is 2. The topological polar surface area (TPSA) is 76.5 Å². The molecule has 2 heterocycles. The Morgan fingerprint density at radius 1 is 1.06 bits per heavy atom. The Morgan fingerprint density at radius 3 is 2.44 bits per heavy atom. The van der Waals surface area contributed by atoms with E-state index in [0.29, 0.717) is 24.7 Å². The van der Waals surface area contributed by atoms with Crippen LogP contribution in [0.2, 0.25) is 0 Å². The van der Waals surface area contributed by atoms with E-state index in [2.05, 4.69) is 4.98 Å². The fourth-order valence-electron chi connectivity index (χ4n) is 4.79. The zero-order valence-electron chi connectivity index (χ0n) is 22.0. The van der Waals surface area contributed by atoms with E-state index >= 15 is 0 Å². The lowest BCUT2D eigenvalue weighted by molar-refractivity contribution is -0.148. The number of Topliss-reactive ketones (excluding diaryl/α,β-unsaturated/α-hetero) is 1. The van der Waals surface area contributed by atoms with Gasteiger partial charge < -0.3 is 9.84 Å². The number of nitrogens with zero attached hydrogens (tertiary/aromatic N) is 1. The number of hydrogen-bond donors (Lipinski definition) is 1. The quantitative estimate of drug-likeness (QED) is 0.511. The van der Waals surface area contributed by atoms with Gasteiger partial charge in [-0.05, 0) is 74.6 Å². The zero-order chi connectivity index (χ0) is 25.3. The summed E-state index contributed by atoms with van der Waals surface area (Å²) in [6.45, 7) is 11.7. The predicted molar refractivity (Wildman–Crippen MR) is 137 cm³/mol. The van der Waals surface area contributed by atoms with Crippen LogP contribution in [-0.2, 0) is 14.3 Å². The van der Waals surface area contributed by atoms with Gasteiger partial charge in [-0.3, -0.25) is 14.6 Å². The van der Waals surface area contributed by atoms with Crippen molar-refractivity contribution in [2.75, 3.05) is 0 Å². The van der Waals surface area contributed by atoms with E-state index in [0.717, 1.165) is 42.5 Å². The molecule has 0 radical (unpaired) electrons. The van der Waals surface area contributed by atoms with Crippen molar-refractivity contribution >= 4 is 17.8 Å². The van der Waals surface area contributed by atoms with Crippen LogP contribution in [0.25, 0.3) is 6.08 Å². The second kappa shape index (κ2) is 13.8. The third-order valence-corrected chi connectivity index (χ3v) is 7.30. The van der Waals surface area contributed by atoms with E-state index in [1.165, 1.54) is 6.42 Å². The number of carbonyl (C=O) groups is 2. The van der Waals surface area contributed by atoms with E-state index in [9.17, 15) is 14.7 Å². The molecule has 1 aromatic rings. The first-order valence-corrected chi connectivity index (χ1v) is 13.3. The summed E-state index contributed by atoms with van der Waals surface area (Å²) in [7, 11) is 0. The molecule has 2 aliphatic rings. The molecule has 5 heteroatoms. The smallest absolute Gasteiger partial charge is 0.306 e. The highest BCUT2D eigenvalue weighted by atomic mass is 16.5. The SMILES string of the molecule is C/C(=C\c1ccc(C)cn1)C1CC2CC2CCCCC(O)C(C)C(=O)C(C)CCC(=O)O1.CC. The minimum Gasteiger partial charge on any atom is -0.458 e. The molecule has 190 valence electrons. The van der Waals surface area contributed by atoms with Gasteiger partial charge in [-0.25, -0.2) is 0 Å². The van der Waals surface area contributed by atoms with E-state index in [-0.39, 0.29) is 36.1 Å². The van der Waals surface area contributed by atoms with E-state index in [1.54, 1.807) is 0 Å². The number of aliphatic hydroxyl groups is 1. The summed E-state index contributed by atoms with van der Waals surface area (Å²) in [5, 5.41) is 10.4. The van der Waals surface area contributed by atoms with Gasteiger partial charge in [0.2, 0.25) is 0 Å². The second-order valence-electron chi connectivity index (χ2n) is 10.1. The number of esters is 1. The van der Waals surface area contributed by atoms with Gasteiger partial charge in [0, 0.05) is 24.5 Å². The van der Waals surface area contributed by atoms with Gasteiger partial charge in [-0.1, -0.05) is 53.0 Å². The van der Waals surface area contributed by atoms with Gasteiger partial charge in [0.25, 0.3) is 0 Å². The highest BCUT2D eigenvalue weighted by Crippen LogP contribution is 2.46. The third-order valence-electron chi connectivity index (χ3n) is 7.30. The van der Waals surface area contributed by atoms with Crippen LogP contribution in [0.3, 0.4) is 0 Å². The summed E-state index contributed by atoms with van der Waals surface area (Å²) in [5.41, 5.74) is 3.00. The number of ether oxygens (including phenoxy) is 1. The molecule has 34 heavy (non-hydrogen) atoms. The molecule has 6 atom stereocenters. The van der Waals surface area contributed by atoms with Crippen molar-refractivity contribution < 1.29 is 19.4 Å². The molecule has 1 N–H and O–H groups in total. The summed E-state index contributed by atoms with van der Waals surface area (Å²) in [6, 6.07) is 4.02. The molecular formula is C29H45NO4. The highest BCUT2D eigenvalue weighted by molar-refractivity contribution is 5.83. The first kappa shape index (κ1) is 28.2. The van der Waals surface area contributed by atoms with Gasteiger partial charge >= 0.3 is 5.97 Å². The van der Waals surface area contributed by atoms with Gasteiger partial charge in [0.05, 0.1) is 11.8 Å². The van der Waals surface area contributed by atoms with E-state index < -0.39 is 6.10 Å². The van der Waals surface area contributed by atoms with Gasteiger partial charge in [-0.2, -0.15) is 0 Å². The summed E-state index contributed by atoms with van der Waals surface area (Å²) in [4.78, 5) is 29.8. The largest absolute Gasteiger partial charge is 0.458 e. The molecular weight excluding hydrogens is 426 g/mol. The van der Waals surface area contributed by atoms with Crippen LogP contribution in [0.1, 0.15) is 97.2 Å². The fourth-order valence-corrected chi connectivity index (χ4v) is 4.79. The Hall–Kier alpha value is -2.01. The van der Waals surface area contributed by atoms with Crippen molar-refractivity contribution in [1.29, 1.82) is 0 Å². The zero-order valence-corrected chi connectivity index (χ0v) is 22.0. The maximum atomic E-state index is 12.7. The van der Waals surface area contributed by atoms with Crippen LogP contribution in [0.15, 0.2) is 23.9 Å². The number of hydrogen-bond acceptors (Lipinski definition) is 5. The van der Waals surface area contributed by atoms with Crippen LogP contribution in [0.4, 0.5) is 0 Å². The molecule has 0 spiro atoms. The van der Waals surface area contributed by atoms with Gasteiger partial charge in [-0.15, -0.1) is 0 Å². The molecule has 1 aliphatic carbocycles. The number of fused-ring (bicyclic) bond motifs is 1. The number of pyridine rings is 1. The first-order chi connectivity index (χ1) is 16.2. The Morgan fingerprint density at radius 2 is 1.76 bits per heavy atom. The van der Waals surface area contributed by atoms with Crippen molar-refractivity contribution in [3.05, 3.63) is 35.2 Å². The maximum Gasteiger partial charge on any atom is 0.306 e. The summed E-state index contributed by atoms with van der Waals surface area (Å²) >= 11 is 0. The number of aliphatic hydroxyl groups excluding tert-OH is 1. The normalized spacial score (nSPS) is 31.6. The monoisotopic (exact) mass is 471 g/mol. The van der Waals surface area contributed by atoms with Crippen molar-refractivity contribution in [3.63, 3.8) is 0 Å². The molecule has 1 saturated carbocycles. The second-order valence-corrected chi connectivity index (χ2v) is 10.1. The lowest BCUT2D eigenvalue weighted by Gasteiger charge is -2.23. The highest BCUT2D eigenvalue weighted by Gasteiger charge is 2.39. The maximum absolute atomic E-state index is 12.7. The molecule has 1 saturated heterocycles.